The average molecular weight is 796 g/mol. The largest absolute Gasteiger partial charge is 0.497 e. The molecule has 5 aromatic carbocycles. The highest BCUT2D eigenvalue weighted by Crippen LogP contribution is 2.60. The molecule has 0 aromatic heterocycles. The third kappa shape index (κ3) is 6.86. The molecule has 0 unspecified atom stereocenters. The first-order valence-corrected chi connectivity index (χ1v) is 22.9. The zero-order chi connectivity index (χ0) is 40.6. The SMILES string of the molecule is COc1ccc([Si](C)(C)[C@@H]2[C@@H](CC(=O)N(CCO)Cc3ccccc3)O[C@]3(C(=O)N(Cc4cccc(N5C(=O)COc6ccccc65)c4)c4ccccc43)[C@H]2C)cc1. The molecule has 58 heavy (non-hydrogen) atoms. The Morgan fingerprint density at radius 2 is 1.57 bits per heavy atom. The number of amides is 3. The highest BCUT2D eigenvalue weighted by molar-refractivity contribution is 6.91. The van der Waals surface area contributed by atoms with Gasteiger partial charge in [-0.2, -0.15) is 0 Å². The second-order valence-corrected chi connectivity index (χ2v) is 20.6. The molecule has 0 bridgehead atoms. The molecule has 1 N–H and O–H groups in total. The number of nitrogens with zero attached hydrogens (tertiary/aromatic N) is 3. The van der Waals surface area contributed by atoms with Crippen molar-refractivity contribution in [1.29, 1.82) is 0 Å². The number of hydrogen-bond acceptors (Lipinski definition) is 7. The van der Waals surface area contributed by atoms with Crippen LogP contribution < -0.4 is 24.5 Å². The summed E-state index contributed by atoms with van der Waals surface area (Å²) in [5, 5.41) is 11.2. The number of fused-ring (bicyclic) bond motifs is 3. The minimum atomic E-state index is -2.52. The lowest BCUT2D eigenvalue weighted by molar-refractivity contribution is -0.150. The summed E-state index contributed by atoms with van der Waals surface area (Å²) in [5.74, 6) is 0.603. The van der Waals surface area contributed by atoms with E-state index in [0.29, 0.717) is 23.7 Å². The summed E-state index contributed by atoms with van der Waals surface area (Å²) < 4.78 is 18.5. The van der Waals surface area contributed by atoms with Crippen LogP contribution in [0.1, 0.15) is 30.0 Å². The van der Waals surface area contributed by atoms with Crippen molar-refractivity contribution in [3.05, 3.63) is 144 Å². The van der Waals surface area contributed by atoms with E-state index in [1.54, 1.807) is 21.8 Å². The lowest BCUT2D eigenvalue weighted by Gasteiger charge is -2.37. The number of para-hydroxylation sites is 3. The van der Waals surface area contributed by atoms with Crippen LogP contribution in [0.4, 0.5) is 17.1 Å². The van der Waals surface area contributed by atoms with Crippen molar-refractivity contribution in [3.8, 4) is 11.5 Å². The number of methoxy groups -OCH3 is 1. The van der Waals surface area contributed by atoms with Gasteiger partial charge in [0.1, 0.15) is 11.5 Å². The van der Waals surface area contributed by atoms with Crippen molar-refractivity contribution >= 4 is 48.0 Å². The van der Waals surface area contributed by atoms with Gasteiger partial charge >= 0.3 is 0 Å². The fraction of sp³-hybridized carbons (Fsp3) is 0.298. The molecule has 0 saturated carbocycles. The third-order valence-corrected chi connectivity index (χ3v) is 16.6. The number of benzene rings is 5. The summed E-state index contributed by atoms with van der Waals surface area (Å²) >= 11 is 0. The van der Waals surface area contributed by atoms with E-state index in [0.717, 1.165) is 28.1 Å². The molecule has 11 heteroatoms. The lowest BCUT2D eigenvalue weighted by Crippen LogP contribution is -2.52. The Morgan fingerprint density at radius 1 is 0.879 bits per heavy atom. The van der Waals surface area contributed by atoms with Gasteiger partial charge < -0.3 is 29.1 Å². The van der Waals surface area contributed by atoms with Crippen LogP contribution in [0.3, 0.4) is 0 Å². The van der Waals surface area contributed by atoms with Crippen LogP contribution in [0.25, 0.3) is 0 Å². The number of carbonyl (C=O) groups is 3. The first-order valence-electron chi connectivity index (χ1n) is 19.9. The fourth-order valence-electron chi connectivity index (χ4n) is 9.50. The normalized spacial score (nSPS) is 21.2. The maximum absolute atomic E-state index is 15.4. The Kier molecular flexibility index (Phi) is 10.7. The van der Waals surface area contributed by atoms with Gasteiger partial charge in [-0.1, -0.05) is 110 Å². The zero-order valence-electron chi connectivity index (χ0n) is 33.3. The predicted molar refractivity (Wildman–Crippen MR) is 226 cm³/mol. The van der Waals surface area contributed by atoms with Gasteiger partial charge in [0, 0.05) is 30.3 Å². The van der Waals surface area contributed by atoms with Crippen molar-refractivity contribution in [2.45, 2.75) is 56.8 Å². The Labute approximate surface area is 340 Å². The molecular formula is C47H49N3O7Si. The maximum Gasteiger partial charge on any atom is 0.269 e. The van der Waals surface area contributed by atoms with Gasteiger partial charge in [0.15, 0.2) is 12.2 Å². The standard InChI is InChI=1S/C47H49N3O7Si/c1-32-45(58(3,4)37-23-21-36(55-2)22-24-37)42(28-43(52)48(25-26-51)29-33-13-6-5-7-14-33)57-47(32)38-17-8-9-18-39(38)49(46(47)54)30-34-15-12-16-35(27-34)50-40-19-10-11-20-41(40)56-31-44(50)53/h5-24,27,32,42,45,51H,25-26,28-31H2,1-4H3/t32-,42+,45-,47+/m0/s1. The van der Waals surface area contributed by atoms with Gasteiger partial charge in [-0.05, 0) is 59.1 Å². The first kappa shape index (κ1) is 39.1. The van der Waals surface area contributed by atoms with Crippen molar-refractivity contribution in [2.24, 2.45) is 5.92 Å². The van der Waals surface area contributed by atoms with Gasteiger partial charge in [-0.3, -0.25) is 19.3 Å². The van der Waals surface area contributed by atoms with E-state index in [-0.39, 0.29) is 61.9 Å². The highest BCUT2D eigenvalue weighted by atomic mass is 28.3. The first-order chi connectivity index (χ1) is 28.1. The quantitative estimate of drug-likeness (QED) is 0.137. The molecule has 1 saturated heterocycles. The Bertz CT molecular complexity index is 2320. The smallest absolute Gasteiger partial charge is 0.269 e. The number of carbonyl (C=O) groups excluding carboxylic acids is 3. The average Bonchev–Trinajstić information content (AvgIpc) is 3.67. The number of rotatable bonds is 12. The molecule has 1 spiro atoms. The lowest BCUT2D eigenvalue weighted by atomic mass is 9.82. The van der Waals surface area contributed by atoms with E-state index >= 15 is 4.79 Å². The van der Waals surface area contributed by atoms with Gasteiger partial charge in [0.25, 0.3) is 11.8 Å². The topological polar surface area (TPSA) is 109 Å². The second kappa shape index (κ2) is 15.9. The molecule has 8 rings (SSSR count). The number of anilines is 3. The van der Waals surface area contributed by atoms with Gasteiger partial charge in [0.2, 0.25) is 5.91 Å². The second-order valence-electron chi connectivity index (χ2n) is 15.9. The van der Waals surface area contributed by atoms with E-state index < -0.39 is 19.8 Å². The van der Waals surface area contributed by atoms with Crippen LogP contribution in [0, 0.1) is 5.92 Å². The summed E-state index contributed by atoms with van der Waals surface area (Å²) in [6, 6.07) is 40.9. The molecule has 0 aliphatic carbocycles. The van der Waals surface area contributed by atoms with E-state index in [4.69, 9.17) is 14.2 Å². The minimum absolute atomic E-state index is 0.0583. The van der Waals surface area contributed by atoms with Gasteiger partial charge in [-0.15, -0.1) is 0 Å². The summed E-state index contributed by atoms with van der Waals surface area (Å²) in [6.07, 6.45) is -0.529. The molecule has 3 heterocycles. The van der Waals surface area contributed by atoms with E-state index in [1.165, 1.54) is 5.19 Å². The number of aliphatic hydroxyl groups excluding tert-OH is 1. The molecule has 5 aromatic rings. The molecule has 298 valence electrons. The number of aliphatic hydroxyl groups is 1. The fourth-order valence-corrected chi connectivity index (χ4v) is 13.5. The predicted octanol–water partition coefficient (Wildman–Crippen LogP) is 6.93. The Hall–Kier alpha value is -5.75. The molecule has 4 atom stereocenters. The molecule has 10 nitrogen and oxygen atoms in total. The van der Waals surface area contributed by atoms with Crippen molar-refractivity contribution in [2.75, 3.05) is 36.7 Å². The summed E-state index contributed by atoms with van der Waals surface area (Å²) in [5.41, 5.74) is 3.22. The van der Waals surface area contributed by atoms with Crippen LogP contribution in [0.15, 0.2) is 127 Å². The van der Waals surface area contributed by atoms with Crippen molar-refractivity contribution in [3.63, 3.8) is 0 Å². The third-order valence-electron chi connectivity index (χ3n) is 12.3. The Balaban J connectivity index is 1.16. The van der Waals surface area contributed by atoms with Crippen molar-refractivity contribution in [1.82, 2.24) is 4.90 Å². The van der Waals surface area contributed by atoms with Crippen LogP contribution in [-0.2, 0) is 37.8 Å². The van der Waals surface area contributed by atoms with Crippen LogP contribution in [0.2, 0.25) is 18.6 Å². The maximum atomic E-state index is 15.4. The summed E-state index contributed by atoms with van der Waals surface area (Å²) in [6.45, 7) is 7.25. The van der Waals surface area contributed by atoms with E-state index in [2.05, 4.69) is 32.2 Å². The molecule has 3 aliphatic heterocycles. The zero-order valence-corrected chi connectivity index (χ0v) is 34.3. The monoisotopic (exact) mass is 795 g/mol. The van der Waals surface area contributed by atoms with Crippen LogP contribution in [-0.4, -0.2) is 68.8 Å². The summed E-state index contributed by atoms with van der Waals surface area (Å²) in [4.78, 5) is 48.2. The molecule has 0 radical (unpaired) electrons. The van der Waals surface area contributed by atoms with Crippen molar-refractivity contribution < 1.29 is 33.7 Å². The minimum Gasteiger partial charge on any atom is -0.497 e. The van der Waals surface area contributed by atoms with E-state index in [1.807, 2.05) is 115 Å². The van der Waals surface area contributed by atoms with Crippen LogP contribution in [0.5, 0.6) is 11.5 Å². The van der Waals surface area contributed by atoms with Gasteiger partial charge in [-0.25, -0.2) is 0 Å². The summed E-state index contributed by atoms with van der Waals surface area (Å²) in [7, 11) is -0.876. The number of ether oxygens (including phenoxy) is 3. The number of hydrogen-bond donors (Lipinski definition) is 1. The molecular weight excluding hydrogens is 747 g/mol. The van der Waals surface area contributed by atoms with Crippen LogP contribution >= 0.6 is 0 Å². The Morgan fingerprint density at radius 3 is 2.31 bits per heavy atom. The highest BCUT2D eigenvalue weighted by Gasteiger charge is 2.66. The van der Waals surface area contributed by atoms with Gasteiger partial charge in [0.05, 0.1) is 52.2 Å². The molecule has 3 amide bonds. The van der Waals surface area contributed by atoms with E-state index in [9.17, 15) is 14.7 Å². The molecule has 1 fully saturated rings. The molecule has 3 aliphatic rings.